The van der Waals surface area contributed by atoms with Crippen molar-refractivity contribution in [2.45, 2.75) is 25.5 Å². The third kappa shape index (κ3) is 5.09. The Balaban J connectivity index is 1.97. The van der Waals surface area contributed by atoms with Gasteiger partial charge in [-0.1, -0.05) is 33.8 Å². The Bertz CT molecular complexity index is 688. The van der Waals surface area contributed by atoms with Gasteiger partial charge in [0.25, 0.3) is 0 Å². The van der Waals surface area contributed by atoms with Crippen LogP contribution in [0.1, 0.15) is 11.4 Å². The molecule has 124 valence electrons. The Hall–Kier alpha value is -1.31. The summed E-state index contributed by atoms with van der Waals surface area (Å²) < 4.78 is 8.17. The number of nitrogens with one attached hydrogen (secondary N) is 1. The number of anilines is 1. The Morgan fingerprint density at radius 3 is 2.91 bits per heavy atom. The number of hydrogen-bond acceptors (Lipinski definition) is 4. The van der Waals surface area contributed by atoms with Gasteiger partial charge in [-0.3, -0.25) is 4.79 Å². The molecule has 1 heterocycles. The molecule has 0 radical (unpaired) electrons. The lowest BCUT2D eigenvalue weighted by molar-refractivity contribution is -0.113. The Morgan fingerprint density at radius 2 is 2.22 bits per heavy atom. The predicted molar refractivity (Wildman–Crippen MR) is 97.1 cm³/mol. The summed E-state index contributed by atoms with van der Waals surface area (Å²) in [5.74, 6) is 0.264. The van der Waals surface area contributed by atoms with E-state index < -0.39 is 0 Å². The van der Waals surface area contributed by atoms with Crippen LogP contribution >= 0.6 is 27.7 Å². The molecular weight excluding hydrogens is 378 g/mol. The van der Waals surface area contributed by atoms with Crippen LogP contribution in [0.2, 0.25) is 0 Å². The second-order valence-electron chi connectivity index (χ2n) is 5.06. The molecule has 0 fully saturated rings. The van der Waals surface area contributed by atoms with E-state index in [1.165, 1.54) is 11.8 Å². The zero-order chi connectivity index (χ0) is 16.8. The maximum atomic E-state index is 12.1. The first-order valence-electron chi connectivity index (χ1n) is 7.22. The van der Waals surface area contributed by atoms with E-state index in [0.717, 1.165) is 33.2 Å². The van der Waals surface area contributed by atoms with Gasteiger partial charge in [0.15, 0.2) is 5.16 Å². The second-order valence-corrected chi connectivity index (χ2v) is 6.92. The molecule has 1 aromatic heterocycles. The minimum absolute atomic E-state index is 0.0512. The molecule has 0 saturated carbocycles. The average molecular weight is 398 g/mol. The normalized spacial score (nSPS) is 10.8. The summed E-state index contributed by atoms with van der Waals surface area (Å²) in [6.45, 7) is 5.36. The third-order valence-electron chi connectivity index (χ3n) is 3.38. The van der Waals surface area contributed by atoms with E-state index in [1.54, 1.807) is 7.11 Å². The number of hydrogen-bond donors (Lipinski definition) is 1. The van der Waals surface area contributed by atoms with Gasteiger partial charge < -0.3 is 14.6 Å². The molecular formula is C16H20BrN3O2S. The summed E-state index contributed by atoms with van der Waals surface area (Å²) in [5, 5.41) is 3.73. The number of amides is 1. The van der Waals surface area contributed by atoms with Crippen molar-refractivity contribution in [3.8, 4) is 0 Å². The largest absolute Gasteiger partial charge is 0.383 e. The van der Waals surface area contributed by atoms with Crippen molar-refractivity contribution in [1.29, 1.82) is 0 Å². The molecule has 1 N–H and O–H groups in total. The number of carbonyl (C=O) groups excluding carboxylic acids is 1. The summed E-state index contributed by atoms with van der Waals surface area (Å²) in [6, 6.07) is 7.54. The minimum Gasteiger partial charge on any atom is -0.383 e. The molecule has 0 atom stereocenters. The quantitative estimate of drug-likeness (QED) is 0.724. The lowest BCUT2D eigenvalue weighted by Crippen LogP contribution is -2.15. The molecule has 0 spiro atoms. The van der Waals surface area contributed by atoms with Crippen LogP contribution in [0.3, 0.4) is 0 Å². The van der Waals surface area contributed by atoms with Crippen LogP contribution in [0.25, 0.3) is 0 Å². The van der Waals surface area contributed by atoms with Crippen LogP contribution in [0.4, 0.5) is 5.69 Å². The molecule has 0 bridgehead atoms. The van der Waals surface area contributed by atoms with Gasteiger partial charge in [0.05, 0.1) is 18.1 Å². The number of methoxy groups -OCH3 is 1. The van der Waals surface area contributed by atoms with Gasteiger partial charge in [0.2, 0.25) is 5.91 Å². The first kappa shape index (κ1) is 18.0. The van der Waals surface area contributed by atoms with Crippen molar-refractivity contribution in [2.24, 2.45) is 0 Å². The van der Waals surface area contributed by atoms with Gasteiger partial charge >= 0.3 is 0 Å². The summed E-state index contributed by atoms with van der Waals surface area (Å²) in [7, 11) is 1.68. The highest BCUT2D eigenvalue weighted by molar-refractivity contribution is 9.10. The standard InChI is InChI=1S/C16H20BrN3O2S/c1-11-12(2)20(7-8-22-3)16(18-11)23-10-15(21)19-14-6-4-5-13(17)9-14/h4-6,9H,7-8,10H2,1-3H3,(H,19,21). The third-order valence-corrected chi connectivity index (χ3v) is 4.85. The van der Waals surface area contributed by atoms with Gasteiger partial charge in [-0.15, -0.1) is 0 Å². The highest BCUT2D eigenvalue weighted by atomic mass is 79.9. The van der Waals surface area contributed by atoms with E-state index in [2.05, 4.69) is 30.8 Å². The van der Waals surface area contributed by atoms with Crippen LogP contribution in [0, 0.1) is 13.8 Å². The van der Waals surface area contributed by atoms with Crippen LogP contribution in [0.5, 0.6) is 0 Å². The zero-order valence-electron chi connectivity index (χ0n) is 13.4. The SMILES string of the molecule is COCCn1c(SCC(=O)Nc2cccc(Br)c2)nc(C)c1C. The molecule has 1 amide bonds. The highest BCUT2D eigenvalue weighted by Crippen LogP contribution is 2.22. The number of carbonyl (C=O) groups is 1. The van der Waals surface area contributed by atoms with E-state index in [0.29, 0.717) is 12.4 Å². The summed E-state index contributed by atoms with van der Waals surface area (Å²) in [6.07, 6.45) is 0. The van der Waals surface area contributed by atoms with Crippen LogP contribution in [-0.2, 0) is 16.1 Å². The second kappa shape index (κ2) is 8.52. The van der Waals surface area contributed by atoms with Crippen molar-refractivity contribution < 1.29 is 9.53 Å². The van der Waals surface area contributed by atoms with E-state index in [1.807, 2.05) is 38.1 Å². The monoisotopic (exact) mass is 397 g/mol. The number of benzene rings is 1. The fourth-order valence-electron chi connectivity index (χ4n) is 2.07. The van der Waals surface area contributed by atoms with Gasteiger partial charge in [-0.05, 0) is 32.0 Å². The van der Waals surface area contributed by atoms with Gasteiger partial charge in [0.1, 0.15) is 0 Å². The number of thioether (sulfide) groups is 1. The fraction of sp³-hybridized carbons (Fsp3) is 0.375. The molecule has 23 heavy (non-hydrogen) atoms. The molecule has 0 aliphatic carbocycles. The lowest BCUT2D eigenvalue weighted by Gasteiger charge is -2.09. The molecule has 0 aliphatic rings. The number of rotatable bonds is 7. The smallest absolute Gasteiger partial charge is 0.234 e. The Labute approximate surface area is 148 Å². The van der Waals surface area contributed by atoms with Crippen LogP contribution in [0.15, 0.2) is 33.9 Å². The Kier molecular flexibility index (Phi) is 6.68. The molecule has 0 saturated heterocycles. The van der Waals surface area contributed by atoms with Crippen LogP contribution in [-0.4, -0.2) is 34.9 Å². The van der Waals surface area contributed by atoms with E-state index in [4.69, 9.17) is 4.74 Å². The van der Waals surface area contributed by atoms with E-state index in [9.17, 15) is 4.79 Å². The predicted octanol–water partition coefficient (Wildman–Crippen LogP) is 3.64. The first-order valence-corrected chi connectivity index (χ1v) is 9.00. The number of imidazole rings is 1. The Morgan fingerprint density at radius 1 is 1.43 bits per heavy atom. The number of aryl methyl sites for hydroxylation is 1. The average Bonchev–Trinajstić information content (AvgIpc) is 2.78. The zero-order valence-corrected chi connectivity index (χ0v) is 15.8. The molecule has 0 unspecified atom stereocenters. The number of halogens is 1. The molecule has 2 aromatic rings. The minimum atomic E-state index is -0.0512. The van der Waals surface area contributed by atoms with Crippen molar-refractivity contribution in [1.82, 2.24) is 9.55 Å². The maximum Gasteiger partial charge on any atom is 0.234 e. The fourth-order valence-corrected chi connectivity index (χ4v) is 3.39. The summed E-state index contributed by atoms with van der Waals surface area (Å²) in [4.78, 5) is 16.6. The maximum absolute atomic E-state index is 12.1. The van der Waals surface area contributed by atoms with Crippen molar-refractivity contribution in [3.63, 3.8) is 0 Å². The van der Waals surface area contributed by atoms with Crippen molar-refractivity contribution in [2.75, 3.05) is 24.8 Å². The van der Waals surface area contributed by atoms with Gasteiger partial charge in [0, 0.05) is 29.5 Å². The van der Waals surface area contributed by atoms with Gasteiger partial charge in [-0.25, -0.2) is 4.98 Å². The summed E-state index contributed by atoms with van der Waals surface area (Å²) in [5.41, 5.74) is 2.87. The topological polar surface area (TPSA) is 56.1 Å². The first-order chi connectivity index (χ1) is 11.0. The summed E-state index contributed by atoms with van der Waals surface area (Å²) >= 11 is 4.83. The molecule has 1 aromatic carbocycles. The molecule has 0 aliphatic heterocycles. The number of ether oxygens (including phenoxy) is 1. The number of nitrogens with zero attached hydrogens (tertiary/aromatic N) is 2. The van der Waals surface area contributed by atoms with E-state index in [-0.39, 0.29) is 5.91 Å². The van der Waals surface area contributed by atoms with Crippen molar-refractivity contribution in [3.05, 3.63) is 40.1 Å². The van der Waals surface area contributed by atoms with Gasteiger partial charge in [-0.2, -0.15) is 0 Å². The molecule has 7 heteroatoms. The van der Waals surface area contributed by atoms with Crippen LogP contribution < -0.4 is 5.32 Å². The lowest BCUT2D eigenvalue weighted by atomic mass is 10.3. The van der Waals surface area contributed by atoms with Crippen molar-refractivity contribution >= 4 is 39.3 Å². The number of aromatic nitrogens is 2. The highest BCUT2D eigenvalue weighted by Gasteiger charge is 2.13. The molecule has 2 rings (SSSR count). The molecule has 5 nitrogen and oxygen atoms in total. The van der Waals surface area contributed by atoms with E-state index >= 15 is 0 Å².